The Hall–Kier alpha value is -1.96. The average molecular weight is 374 g/mol. The molecule has 4 rings (SSSR count). The molecule has 2 aromatic rings. The summed E-state index contributed by atoms with van der Waals surface area (Å²) >= 11 is 0. The minimum atomic E-state index is -3.55. The van der Waals surface area contributed by atoms with Gasteiger partial charge in [0.15, 0.2) is 0 Å². The standard InChI is InChI=1S/C19H22N2O4S/c22-19(17-7-12-25-14-17)20-8-10-21(11-9-20)26(23,24)18-6-5-15-3-1-2-4-16(15)13-18/h1-6,13,17H,7-12,14H2/t17-/m1/s1. The molecule has 0 aliphatic carbocycles. The molecule has 0 spiro atoms. The number of nitrogens with zero attached hydrogens (tertiary/aromatic N) is 2. The van der Waals surface area contributed by atoms with E-state index in [0.717, 1.165) is 17.2 Å². The number of piperazine rings is 1. The summed E-state index contributed by atoms with van der Waals surface area (Å²) in [5, 5.41) is 1.92. The molecule has 0 saturated carbocycles. The third kappa shape index (κ3) is 3.22. The molecule has 1 atom stereocenters. The summed E-state index contributed by atoms with van der Waals surface area (Å²) in [5.74, 6) is 0.0175. The van der Waals surface area contributed by atoms with Gasteiger partial charge in [0.25, 0.3) is 0 Å². The van der Waals surface area contributed by atoms with E-state index in [1.165, 1.54) is 4.31 Å². The highest BCUT2D eigenvalue weighted by Crippen LogP contribution is 2.23. The predicted molar refractivity (Wildman–Crippen MR) is 98.2 cm³/mol. The highest BCUT2D eigenvalue weighted by molar-refractivity contribution is 7.89. The van der Waals surface area contributed by atoms with Crippen molar-refractivity contribution in [1.29, 1.82) is 0 Å². The molecule has 0 aromatic heterocycles. The van der Waals surface area contributed by atoms with E-state index < -0.39 is 10.0 Å². The number of fused-ring (bicyclic) bond motifs is 1. The van der Waals surface area contributed by atoms with Crippen molar-refractivity contribution in [3.8, 4) is 0 Å². The minimum absolute atomic E-state index is 0.0707. The number of sulfonamides is 1. The van der Waals surface area contributed by atoms with Gasteiger partial charge in [-0.25, -0.2) is 8.42 Å². The van der Waals surface area contributed by atoms with E-state index in [9.17, 15) is 13.2 Å². The zero-order chi connectivity index (χ0) is 18.1. The molecule has 26 heavy (non-hydrogen) atoms. The second-order valence-electron chi connectivity index (χ2n) is 6.80. The molecule has 6 nitrogen and oxygen atoms in total. The maximum absolute atomic E-state index is 13.0. The number of hydrogen-bond acceptors (Lipinski definition) is 4. The Kier molecular flexibility index (Phi) is 4.69. The van der Waals surface area contributed by atoms with Crippen LogP contribution in [-0.4, -0.2) is 62.9 Å². The Morgan fingerprint density at radius 3 is 2.42 bits per heavy atom. The van der Waals surface area contributed by atoms with Crippen LogP contribution >= 0.6 is 0 Å². The first-order valence-electron chi connectivity index (χ1n) is 8.91. The molecule has 7 heteroatoms. The highest BCUT2D eigenvalue weighted by Gasteiger charge is 2.33. The van der Waals surface area contributed by atoms with Gasteiger partial charge >= 0.3 is 0 Å². The molecule has 0 unspecified atom stereocenters. The van der Waals surface area contributed by atoms with Crippen molar-refractivity contribution in [2.45, 2.75) is 11.3 Å². The van der Waals surface area contributed by atoms with Gasteiger partial charge in [0.1, 0.15) is 0 Å². The van der Waals surface area contributed by atoms with Crippen molar-refractivity contribution >= 4 is 26.7 Å². The fraction of sp³-hybridized carbons (Fsp3) is 0.421. The van der Waals surface area contributed by atoms with Gasteiger partial charge in [0.05, 0.1) is 17.4 Å². The Labute approximate surface area is 153 Å². The van der Waals surface area contributed by atoms with E-state index in [1.807, 2.05) is 30.3 Å². The SMILES string of the molecule is O=C([C@@H]1CCOC1)N1CCN(S(=O)(=O)c2ccc3ccccc3c2)CC1. The minimum Gasteiger partial charge on any atom is -0.381 e. The first kappa shape index (κ1) is 17.5. The van der Waals surface area contributed by atoms with Gasteiger partial charge < -0.3 is 9.64 Å². The molecular formula is C19H22N2O4S. The van der Waals surface area contributed by atoms with Crippen molar-refractivity contribution in [3.63, 3.8) is 0 Å². The molecule has 2 aliphatic rings. The summed E-state index contributed by atoms with van der Waals surface area (Å²) < 4.78 is 32.7. The Balaban J connectivity index is 1.47. The Bertz CT molecular complexity index is 914. The second kappa shape index (κ2) is 6.98. The number of amides is 1. The lowest BCUT2D eigenvalue weighted by atomic mass is 10.1. The molecule has 138 valence electrons. The van der Waals surface area contributed by atoms with E-state index >= 15 is 0 Å². The lowest BCUT2D eigenvalue weighted by Gasteiger charge is -2.35. The van der Waals surface area contributed by atoms with Crippen LogP contribution in [0, 0.1) is 5.92 Å². The van der Waals surface area contributed by atoms with E-state index in [-0.39, 0.29) is 11.8 Å². The zero-order valence-corrected chi connectivity index (χ0v) is 15.3. The van der Waals surface area contributed by atoms with Crippen LogP contribution in [0.2, 0.25) is 0 Å². The zero-order valence-electron chi connectivity index (χ0n) is 14.5. The fourth-order valence-corrected chi connectivity index (χ4v) is 5.07. The molecule has 0 bridgehead atoms. The van der Waals surface area contributed by atoms with Crippen molar-refractivity contribution in [3.05, 3.63) is 42.5 Å². The van der Waals surface area contributed by atoms with E-state index in [4.69, 9.17) is 4.74 Å². The van der Waals surface area contributed by atoms with Crippen LogP contribution in [0.25, 0.3) is 10.8 Å². The van der Waals surface area contributed by atoms with Crippen molar-refractivity contribution in [2.75, 3.05) is 39.4 Å². The molecule has 2 heterocycles. The van der Waals surface area contributed by atoms with Crippen LogP contribution in [0.4, 0.5) is 0 Å². The number of benzene rings is 2. The van der Waals surface area contributed by atoms with Gasteiger partial charge in [-0.05, 0) is 29.3 Å². The first-order chi connectivity index (χ1) is 12.6. The number of rotatable bonds is 3. The monoisotopic (exact) mass is 374 g/mol. The normalized spacial score (nSPS) is 22.0. The van der Waals surface area contributed by atoms with Gasteiger partial charge in [0.2, 0.25) is 15.9 Å². The van der Waals surface area contributed by atoms with Crippen molar-refractivity contribution in [2.24, 2.45) is 5.92 Å². The smallest absolute Gasteiger partial charge is 0.243 e. The van der Waals surface area contributed by atoms with Crippen LogP contribution in [0.5, 0.6) is 0 Å². The van der Waals surface area contributed by atoms with Crippen molar-refractivity contribution < 1.29 is 17.9 Å². The molecular weight excluding hydrogens is 352 g/mol. The van der Waals surface area contributed by atoms with Crippen molar-refractivity contribution in [1.82, 2.24) is 9.21 Å². The second-order valence-corrected chi connectivity index (χ2v) is 8.74. The highest BCUT2D eigenvalue weighted by atomic mass is 32.2. The molecule has 2 aromatic carbocycles. The molecule has 2 fully saturated rings. The fourth-order valence-electron chi connectivity index (χ4n) is 3.61. The Morgan fingerprint density at radius 1 is 1.00 bits per heavy atom. The molecule has 1 amide bonds. The topological polar surface area (TPSA) is 66.9 Å². The number of carbonyl (C=O) groups is 1. The van der Waals surface area contributed by atoms with Gasteiger partial charge in [0, 0.05) is 32.8 Å². The summed E-state index contributed by atoms with van der Waals surface area (Å²) in [5.41, 5.74) is 0. The third-order valence-electron chi connectivity index (χ3n) is 5.19. The summed E-state index contributed by atoms with van der Waals surface area (Å²) in [6.07, 6.45) is 0.758. The summed E-state index contributed by atoms with van der Waals surface area (Å²) in [7, 11) is -3.55. The number of ether oxygens (including phenoxy) is 1. The van der Waals surface area contributed by atoms with Gasteiger partial charge in [-0.2, -0.15) is 4.31 Å². The Morgan fingerprint density at radius 2 is 1.73 bits per heavy atom. The van der Waals surface area contributed by atoms with E-state index in [1.54, 1.807) is 17.0 Å². The predicted octanol–water partition coefficient (Wildman–Crippen LogP) is 1.71. The average Bonchev–Trinajstić information content (AvgIpc) is 3.22. The first-order valence-corrected chi connectivity index (χ1v) is 10.4. The largest absolute Gasteiger partial charge is 0.381 e. The van der Waals surface area contributed by atoms with E-state index in [2.05, 4.69) is 0 Å². The van der Waals surface area contributed by atoms with Crippen LogP contribution in [0.3, 0.4) is 0 Å². The third-order valence-corrected chi connectivity index (χ3v) is 7.08. The summed E-state index contributed by atoms with van der Waals surface area (Å²) in [6, 6.07) is 12.9. The molecule has 2 aliphatic heterocycles. The lowest BCUT2D eigenvalue weighted by Crippen LogP contribution is -2.51. The number of carbonyl (C=O) groups excluding carboxylic acids is 1. The van der Waals surface area contributed by atoms with Crippen LogP contribution in [0.1, 0.15) is 6.42 Å². The van der Waals surface area contributed by atoms with Crippen LogP contribution in [-0.2, 0) is 19.6 Å². The summed E-state index contributed by atoms with van der Waals surface area (Å²) in [6.45, 7) is 2.63. The van der Waals surface area contributed by atoms with E-state index in [0.29, 0.717) is 44.3 Å². The maximum atomic E-state index is 13.0. The molecule has 2 saturated heterocycles. The molecule has 0 radical (unpaired) electrons. The number of hydrogen-bond donors (Lipinski definition) is 0. The molecule has 0 N–H and O–H groups in total. The van der Waals surface area contributed by atoms with Gasteiger partial charge in [-0.1, -0.05) is 30.3 Å². The van der Waals surface area contributed by atoms with Crippen LogP contribution < -0.4 is 0 Å². The lowest BCUT2D eigenvalue weighted by molar-refractivity contribution is -0.136. The maximum Gasteiger partial charge on any atom is 0.243 e. The summed E-state index contributed by atoms with van der Waals surface area (Å²) in [4.78, 5) is 14.5. The van der Waals surface area contributed by atoms with Gasteiger partial charge in [-0.15, -0.1) is 0 Å². The van der Waals surface area contributed by atoms with Gasteiger partial charge in [-0.3, -0.25) is 4.79 Å². The van der Waals surface area contributed by atoms with Crippen LogP contribution in [0.15, 0.2) is 47.4 Å². The quantitative estimate of drug-likeness (QED) is 0.820.